The maximum atomic E-state index is 12.3. The second-order valence-electron chi connectivity index (χ2n) is 7.88. The number of anilines is 1. The summed E-state index contributed by atoms with van der Waals surface area (Å²) in [5.74, 6) is 2.15. The number of hydrogen-bond donors (Lipinski definition) is 2. The molecule has 2 heterocycles. The normalized spacial score (nSPS) is 11.1. The summed E-state index contributed by atoms with van der Waals surface area (Å²) in [6.45, 7) is 4.18. The Labute approximate surface area is 208 Å². The summed E-state index contributed by atoms with van der Waals surface area (Å²) in [6.07, 6.45) is 2.79. The molecule has 0 aliphatic heterocycles. The molecule has 4 aromatic rings. The fourth-order valence-electron chi connectivity index (χ4n) is 3.52. The molecule has 0 fully saturated rings. The minimum absolute atomic E-state index is 0.0499. The molecule has 35 heavy (non-hydrogen) atoms. The first-order chi connectivity index (χ1) is 17.2. The molecule has 2 aromatic heterocycles. The molecule has 2 N–H and O–H groups in total. The third-order valence-corrected chi connectivity index (χ3v) is 6.30. The van der Waals surface area contributed by atoms with Crippen LogP contribution in [0.5, 0.6) is 5.75 Å². The Morgan fingerprint density at radius 1 is 1.11 bits per heavy atom. The van der Waals surface area contributed by atoms with Gasteiger partial charge in [0.15, 0.2) is 17.4 Å². The van der Waals surface area contributed by atoms with E-state index in [0.29, 0.717) is 37.1 Å². The Morgan fingerprint density at radius 3 is 2.80 bits per heavy atom. The highest BCUT2D eigenvalue weighted by Crippen LogP contribution is 2.25. The molecule has 9 nitrogen and oxygen atoms in total. The van der Waals surface area contributed by atoms with Gasteiger partial charge in [0.05, 0.1) is 24.7 Å². The Bertz CT molecular complexity index is 1280. The monoisotopic (exact) mass is 494 g/mol. The Kier molecular flexibility index (Phi) is 8.74. The van der Waals surface area contributed by atoms with Crippen molar-refractivity contribution in [1.29, 1.82) is 0 Å². The van der Waals surface area contributed by atoms with E-state index in [1.54, 1.807) is 29.8 Å². The number of fused-ring (bicyclic) bond motifs is 2. The zero-order valence-electron chi connectivity index (χ0n) is 20.0. The lowest BCUT2D eigenvalue weighted by Gasteiger charge is -2.10. The molecule has 4 rings (SSSR count). The van der Waals surface area contributed by atoms with Gasteiger partial charge in [-0.2, -0.15) is 5.10 Å². The molecular weight excluding hydrogens is 464 g/mol. The van der Waals surface area contributed by atoms with Gasteiger partial charge in [0.2, 0.25) is 0 Å². The lowest BCUT2D eigenvalue weighted by atomic mass is 10.1. The molecule has 0 saturated heterocycles. The number of carbonyl (C=O) groups is 1. The van der Waals surface area contributed by atoms with Crippen LogP contribution in [-0.2, 0) is 16.1 Å². The molecule has 184 valence electrons. The Balaban J connectivity index is 1.35. The predicted octanol–water partition coefficient (Wildman–Crippen LogP) is 3.74. The smallest absolute Gasteiger partial charge is 0.258 e. The Hall–Kier alpha value is -3.37. The van der Waals surface area contributed by atoms with E-state index in [9.17, 15) is 4.79 Å². The van der Waals surface area contributed by atoms with Gasteiger partial charge in [0.25, 0.3) is 5.91 Å². The van der Waals surface area contributed by atoms with Crippen LogP contribution >= 0.6 is 11.8 Å². The van der Waals surface area contributed by atoms with Gasteiger partial charge >= 0.3 is 0 Å². The number of amides is 1. The van der Waals surface area contributed by atoms with Crippen LogP contribution in [0.3, 0.4) is 0 Å². The van der Waals surface area contributed by atoms with Crippen LogP contribution in [0, 0.1) is 0 Å². The fraction of sp³-hybridized carbons (Fsp3) is 0.360. The van der Waals surface area contributed by atoms with Gasteiger partial charge in [-0.05, 0) is 29.3 Å². The zero-order valence-corrected chi connectivity index (χ0v) is 20.8. The van der Waals surface area contributed by atoms with E-state index in [4.69, 9.17) is 14.5 Å². The van der Waals surface area contributed by atoms with E-state index >= 15 is 0 Å². The molecule has 1 amide bonds. The number of thioether (sulfide) groups is 1. The summed E-state index contributed by atoms with van der Waals surface area (Å²) in [5.41, 5.74) is 0.736. The maximum Gasteiger partial charge on any atom is 0.258 e. The summed E-state index contributed by atoms with van der Waals surface area (Å²) in [4.78, 5) is 21.7. The molecule has 0 unspecified atom stereocenters. The molecule has 0 aliphatic carbocycles. The topological polar surface area (TPSA) is 103 Å². The van der Waals surface area contributed by atoms with Crippen LogP contribution in [0.1, 0.15) is 13.3 Å². The van der Waals surface area contributed by atoms with Gasteiger partial charge in [-0.1, -0.05) is 49.0 Å². The van der Waals surface area contributed by atoms with Gasteiger partial charge in [0, 0.05) is 26.0 Å². The van der Waals surface area contributed by atoms with E-state index < -0.39 is 0 Å². The van der Waals surface area contributed by atoms with Gasteiger partial charge < -0.3 is 20.1 Å². The van der Waals surface area contributed by atoms with Crippen molar-refractivity contribution >= 4 is 45.3 Å². The van der Waals surface area contributed by atoms with Crippen molar-refractivity contribution in [3.63, 3.8) is 0 Å². The van der Waals surface area contributed by atoms with Gasteiger partial charge in [-0.15, -0.1) is 0 Å². The van der Waals surface area contributed by atoms with E-state index in [-0.39, 0.29) is 12.5 Å². The van der Waals surface area contributed by atoms with E-state index in [1.807, 2.05) is 42.5 Å². The fourth-order valence-corrected chi connectivity index (χ4v) is 4.22. The zero-order chi connectivity index (χ0) is 24.5. The van der Waals surface area contributed by atoms with Crippen molar-refractivity contribution in [3.05, 3.63) is 48.7 Å². The van der Waals surface area contributed by atoms with Gasteiger partial charge in [-0.3, -0.25) is 4.79 Å². The molecular formula is C25H30N6O3S. The van der Waals surface area contributed by atoms with Crippen LogP contribution in [0.25, 0.3) is 21.8 Å². The summed E-state index contributed by atoms with van der Waals surface area (Å²) in [5, 5.41) is 14.4. The number of hydrogen-bond acceptors (Lipinski definition) is 8. The third-order valence-electron chi connectivity index (χ3n) is 5.25. The number of ether oxygens (including phenoxy) is 2. The van der Waals surface area contributed by atoms with Crippen LogP contribution in [0.4, 0.5) is 5.82 Å². The standard InChI is InChI=1S/C25H30N6O3S/c1-3-14-35-25-29-23(27-11-13-33-2)21-16-28-31(24(21)30-25)12-10-26-22(32)17-34-20-9-8-18-6-4-5-7-19(18)15-20/h4-9,15-16H,3,10-14,17H2,1-2H3,(H,26,32)(H,27,29,30). The highest BCUT2D eigenvalue weighted by molar-refractivity contribution is 7.99. The highest BCUT2D eigenvalue weighted by Gasteiger charge is 2.13. The number of rotatable bonds is 13. The molecule has 0 saturated carbocycles. The van der Waals surface area contributed by atoms with Crippen molar-refractivity contribution in [2.24, 2.45) is 0 Å². The van der Waals surface area contributed by atoms with Crippen molar-refractivity contribution in [1.82, 2.24) is 25.1 Å². The van der Waals surface area contributed by atoms with Crippen molar-refractivity contribution in [2.45, 2.75) is 25.0 Å². The highest BCUT2D eigenvalue weighted by atomic mass is 32.2. The quantitative estimate of drug-likeness (QED) is 0.165. The first kappa shape index (κ1) is 24.7. The maximum absolute atomic E-state index is 12.3. The molecule has 0 spiro atoms. The van der Waals surface area contributed by atoms with E-state index in [0.717, 1.165) is 39.8 Å². The molecule has 0 bridgehead atoms. The largest absolute Gasteiger partial charge is 0.484 e. The third kappa shape index (κ3) is 6.61. The van der Waals surface area contributed by atoms with Crippen molar-refractivity contribution in [3.8, 4) is 5.75 Å². The minimum Gasteiger partial charge on any atom is -0.484 e. The van der Waals surface area contributed by atoms with Crippen molar-refractivity contribution < 1.29 is 14.3 Å². The average molecular weight is 495 g/mol. The number of methoxy groups -OCH3 is 1. The number of benzene rings is 2. The lowest BCUT2D eigenvalue weighted by Crippen LogP contribution is -2.31. The summed E-state index contributed by atoms with van der Waals surface area (Å²) < 4.78 is 12.6. The number of nitrogens with one attached hydrogen (secondary N) is 2. The summed E-state index contributed by atoms with van der Waals surface area (Å²) in [7, 11) is 1.67. The van der Waals surface area contributed by atoms with Gasteiger partial charge in [0.1, 0.15) is 11.6 Å². The van der Waals surface area contributed by atoms with Crippen LogP contribution in [0.15, 0.2) is 53.8 Å². The lowest BCUT2D eigenvalue weighted by molar-refractivity contribution is -0.123. The molecule has 0 radical (unpaired) electrons. The van der Waals surface area contributed by atoms with Crippen molar-refractivity contribution in [2.75, 3.05) is 44.5 Å². The average Bonchev–Trinajstić information content (AvgIpc) is 3.29. The first-order valence-corrected chi connectivity index (χ1v) is 12.6. The van der Waals surface area contributed by atoms with E-state index in [2.05, 4.69) is 27.6 Å². The first-order valence-electron chi connectivity index (χ1n) is 11.7. The van der Waals surface area contributed by atoms with Gasteiger partial charge in [-0.25, -0.2) is 14.6 Å². The van der Waals surface area contributed by atoms with Crippen LogP contribution in [0.2, 0.25) is 0 Å². The minimum atomic E-state index is -0.189. The Morgan fingerprint density at radius 2 is 1.97 bits per heavy atom. The number of nitrogens with zero attached hydrogens (tertiary/aromatic N) is 4. The molecule has 2 aromatic carbocycles. The van der Waals surface area contributed by atoms with Crippen LogP contribution < -0.4 is 15.4 Å². The van der Waals surface area contributed by atoms with Crippen LogP contribution in [-0.4, -0.2) is 64.8 Å². The molecule has 0 atom stereocenters. The summed E-state index contributed by atoms with van der Waals surface area (Å²) >= 11 is 1.61. The number of aromatic nitrogens is 4. The number of carbonyl (C=O) groups excluding carboxylic acids is 1. The second-order valence-corrected chi connectivity index (χ2v) is 8.94. The molecule has 0 aliphatic rings. The molecule has 10 heteroatoms. The predicted molar refractivity (Wildman–Crippen MR) is 139 cm³/mol. The van der Waals surface area contributed by atoms with E-state index in [1.165, 1.54) is 0 Å². The second kappa shape index (κ2) is 12.4. The summed E-state index contributed by atoms with van der Waals surface area (Å²) in [6, 6.07) is 13.8. The SMILES string of the molecule is CCCSc1nc(NCCOC)c2cnn(CCNC(=O)COc3ccc4ccccc4c3)c2n1.